The molecule has 19 heavy (non-hydrogen) atoms. The van der Waals surface area contributed by atoms with Gasteiger partial charge in [0, 0.05) is 31.0 Å². The first-order chi connectivity index (χ1) is 9.17. The topological polar surface area (TPSA) is 87.1 Å². The molecule has 3 N–H and O–H groups in total. The number of rotatable bonds is 9. The van der Waals surface area contributed by atoms with Crippen molar-refractivity contribution in [1.29, 1.82) is 0 Å². The lowest BCUT2D eigenvalue weighted by Crippen LogP contribution is -2.36. The van der Waals surface area contributed by atoms with Crippen LogP contribution in [0.5, 0.6) is 0 Å². The van der Waals surface area contributed by atoms with E-state index in [1.165, 1.54) is 0 Å². The minimum Gasteiger partial charge on any atom is -0.480 e. The molecule has 1 aromatic heterocycles. The van der Waals surface area contributed by atoms with E-state index in [4.69, 9.17) is 5.11 Å². The average molecular weight is 266 g/mol. The number of nitrogens with zero attached hydrogens (tertiary/aromatic N) is 2. The predicted octanol–water partition coefficient (Wildman–Crippen LogP) is 1.64. The Morgan fingerprint density at radius 2 is 2.00 bits per heavy atom. The first kappa shape index (κ1) is 15.4. The van der Waals surface area contributed by atoms with E-state index in [-0.39, 0.29) is 0 Å². The Bertz CT molecular complexity index is 381. The van der Waals surface area contributed by atoms with Crippen LogP contribution in [0.15, 0.2) is 12.4 Å². The van der Waals surface area contributed by atoms with Gasteiger partial charge in [-0.15, -0.1) is 0 Å². The summed E-state index contributed by atoms with van der Waals surface area (Å²) in [7, 11) is 0. The first-order valence-corrected chi connectivity index (χ1v) is 6.68. The van der Waals surface area contributed by atoms with Crippen LogP contribution in [0.4, 0.5) is 5.95 Å². The summed E-state index contributed by atoms with van der Waals surface area (Å²) in [5, 5.41) is 15.1. The van der Waals surface area contributed by atoms with Gasteiger partial charge in [0.1, 0.15) is 6.04 Å². The van der Waals surface area contributed by atoms with Crippen molar-refractivity contribution in [1.82, 2.24) is 15.3 Å². The van der Waals surface area contributed by atoms with Gasteiger partial charge in [-0.2, -0.15) is 0 Å². The molecule has 106 valence electrons. The van der Waals surface area contributed by atoms with Gasteiger partial charge in [-0.25, -0.2) is 9.97 Å². The van der Waals surface area contributed by atoms with Gasteiger partial charge in [-0.1, -0.05) is 20.3 Å². The highest BCUT2D eigenvalue weighted by molar-refractivity contribution is 5.73. The number of hydrogen-bond acceptors (Lipinski definition) is 5. The Labute approximate surface area is 113 Å². The summed E-state index contributed by atoms with van der Waals surface area (Å²) in [6.45, 7) is 5.35. The lowest BCUT2D eigenvalue weighted by Gasteiger charge is -2.13. The van der Waals surface area contributed by atoms with Crippen molar-refractivity contribution in [3.63, 3.8) is 0 Å². The summed E-state index contributed by atoms with van der Waals surface area (Å²) in [6.07, 6.45) is 5.89. The summed E-state index contributed by atoms with van der Waals surface area (Å²) < 4.78 is 0. The first-order valence-electron chi connectivity index (χ1n) is 6.68. The van der Waals surface area contributed by atoms with Crippen molar-refractivity contribution in [2.45, 2.75) is 45.7 Å². The molecule has 0 amide bonds. The molecule has 0 bridgehead atoms. The Morgan fingerprint density at radius 3 is 2.53 bits per heavy atom. The zero-order valence-corrected chi connectivity index (χ0v) is 11.5. The Hall–Kier alpha value is -1.69. The van der Waals surface area contributed by atoms with Crippen molar-refractivity contribution < 1.29 is 9.90 Å². The number of aromatic nitrogens is 2. The summed E-state index contributed by atoms with van der Waals surface area (Å²) in [4.78, 5) is 19.3. The zero-order valence-electron chi connectivity index (χ0n) is 11.5. The van der Waals surface area contributed by atoms with E-state index in [0.29, 0.717) is 18.9 Å². The number of carbonyl (C=O) groups is 1. The molecule has 0 aliphatic carbocycles. The molecule has 1 rings (SSSR count). The molecule has 1 atom stereocenters. The fourth-order valence-corrected chi connectivity index (χ4v) is 1.62. The van der Waals surface area contributed by atoms with Crippen LogP contribution in [-0.4, -0.2) is 33.6 Å². The predicted molar refractivity (Wildman–Crippen MR) is 74.0 cm³/mol. The molecule has 0 saturated heterocycles. The highest BCUT2D eigenvalue weighted by Gasteiger charge is 2.15. The molecule has 0 aromatic carbocycles. The van der Waals surface area contributed by atoms with Gasteiger partial charge in [0.25, 0.3) is 0 Å². The van der Waals surface area contributed by atoms with Crippen molar-refractivity contribution >= 4 is 11.9 Å². The maximum atomic E-state index is 11.0. The number of hydrogen-bond donors (Lipinski definition) is 3. The molecular formula is C13H22N4O2. The molecule has 1 heterocycles. The van der Waals surface area contributed by atoms with Crippen LogP contribution in [0.3, 0.4) is 0 Å². The van der Waals surface area contributed by atoms with Crippen LogP contribution >= 0.6 is 0 Å². The van der Waals surface area contributed by atoms with Crippen LogP contribution in [0.1, 0.15) is 38.7 Å². The molecule has 0 fully saturated rings. The minimum atomic E-state index is -0.816. The minimum absolute atomic E-state index is 0.463. The highest BCUT2D eigenvalue weighted by atomic mass is 16.4. The standard InChI is InChI=1S/C13H22N4O2/c1-3-5-11(12(18)19)15-7-10-8-16-13(17-9-10)14-6-4-2/h8-9,11,15H,3-7H2,1-2H3,(H,18,19)(H,14,16,17)/t11-/m0/s1. The van der Waals surface area contributed by atoms with E-state index in [2.05, 4.69) is 27.5 Å². The third-order valence-corrected chi connectivity index (χ3v) is 2.67. The summed E-state index contributed by atoms with van der Waals surface area (Å²) >= 11 is 0. The van der Waals surface area contributed by atoms with Crippen molar-refractivity contribution in [2.24, 2.45) is 0 Å². The lowest BCUT2D eigenvalue weighted by atomic mass is 10.1. The third kappa shape index (κ3) is 5.65. The monoisotopic (exact) mass is 266 g/mol. The van der Waals surface area contributed by atoms with Crippen molar-refractivity contribution in [2.75, 3.05) is 11.9 Å². The molecule has 0 aliphatic heterocycles. The Kier molecular flexibility index (Phi) is 6.81. The van der Waals surface area contributed by atoms with E-state index in [0.717, 1.165) is 24.9 Å². The number of nitrogens with one attached hydrogen (secondary N) is 2. The third-order valence-electron chi connectivity index (χ3n) is 2.67. The quantitative estimate of drug-likeness (QED) is 0.630. The lowest BCUT2D eigenvalue weighted by molar-refractivity contribution is -0.139. The van der Waals surface area contributed by atoms with Gasteiger partial charge in [-0.3, -0.25) is 4.79 Å². The number of carboxylic acid groups (broad SMARTS) is 1. The summed E-state index contributed by atoms with van der Waals surface area (Å²) in [5.41, 5.74) is 0.879. The van der Waals surface area contributed by atoms with E-state index in [1.54, 1.807) is 12.4 Å². The normalized spacial score (nSPS) is 12.1. The van der Waals surface area contributed by atoms with Gasteiger partial charge in [0.15, 0.2) is 0 Å². The number of anilines is 1. The maximum Gasteiger partial charge on any atom is 0.320 e. The van der Waals surface area contributed by atoms with Crippen LogP contribution in [0.2, 0.25) is 0 Å². The van der Waals surface area contributed by atoms with Gasteiger partial charge in [-0.05, 0) is 12.8 Å². The van der Waals surface area contributed by atoms with Crippen LogP contribution < -0.4 is 10.6 Å². The molecule has 0 radical (unpaired) electrons. The second-order valence-electron chi connectivity index (χ2n) is 4.40. The fraction of sp³-hybridized carbons (Fsp3) is 0.615. The van der Waals surface area contributed by atoms with E-state index >= 15 is 0 Å². The second-order valence-corrected chi connectivity index (χ2v) is 4.40. The summed E-state index contributed by atoms with van der Waals surface area (Å²) in [5.74, 6) is -0.210. The molecule has 1 aromatic rings. The molecule has 6 nitrogen and oxygen atoms in total. The van der Waals surface area contributed by atoms with E-state index in [1.807, 2.05) is 6.92 Å². The second kappa shape index (κ2) is 8.42. The van der Waals surface area contributed by atoms with Crippen LogP contribution in [0.25, 0.3) is 0 Å². The summed E-state index contributed by atoms with van der Waals surface area (Å²) in [6, 6.07) is -0.511. The SMILES string of the molecule is CCCNc1ncc(CN[C@@H](CCC)C(=O)O)cn1. The van der Waals surface area contributed by atoms with Gasteiger partial charge in [0.05, 0.1) is 0 Å². The van der Waals surface area contributed by atoms with Gasteiger partial charge < -0.3 is 15.7 Å². The smallest absolute Gasteiger partial charge is 0.320 e. The average Bonchev–Trinajstić information content (AvgIpc) is 2.42. The van der Waals surface area contributed by atoms with E-state index < -0.39 is 12.0 Å². The molecule has 0 unspecified atom stereocenters. The Morgan fingerprint density at radius 1 is 1.32 bits per heavy atom. The van der Waals surface area contributed by atoms with Crippen LogP contribution in [-0.2, 0) is 11.3 Å². The molecule has 6 heteroatoms. The maximum absolute atomic E-state index is 11.0. The number of aliphatic carboxylic acids is 1. The largest absolute Gasteiger partial charge is 0.480 e. The van der Waals surface area contributed by atoms with E-state index in [9.17, 15) is 4.79 Å². The fourth-order valence-electron chi connectivity index (χ4n) is 1.62. The molecule has 0 spiro atoms. The Balaban J connectivity index is 2.46. The van der Waals surface area contributed by atoms with Gasteiger partial charge in [0.2, 0.25) is 5.95 Å². The molecule has 0 saturated carbocycles. The zero-order chi connectivity index (χ0) is 14.1. The molecular weight excluding hydrogens is 244 g/mol. The van der Waals surface area contributed by atoms with Gasteiger partial charge >= 0.3 is 5.97 Å². The van der Waals surface area contributed by atoms with Crippen LogP contribution in [0, 0.1) is 0 Å². The van der Waals surface area contributed by atoms with Crippen molar-refractivity contribution in [3.05, 3.63) is 18.0 Å². The molecule has 0 aliphatic rings. The highest BCUT2D eigenvalue weighted by Crippen LogP contribution is 2.03. The van der Waals surface area contributed by atoms with Crippen molar-refractivity contribution in [3.8, 4) is 0 Å². The number of carboxylic acids is 1.